The van der Waals surface area contributed by atoms with Gasteiger partial charge in [0, 0.05) is 46.2 Å². The largest absolute Gasteiger partial charge is 0.497 e. The van der Waals surface area contributed by atoms with Crippen molar-refractivity contribution in [2.45, 2.75) is 12.6 Å². The molecule has 4 rings (SSSR count). The standard InChI is InChI=1S/C24H28N4O2/c1-26(2)24(29)28-15-20-14-27(13-18-6-4-5-17(11-18)12-25)16-22(20)23(28)19-7-9-21(30-3)10-8-19/h4-11,20,22-23H,13-16H2,1-3H3/t20-,22-,23+/m1/s1. The molecule has 30 heavy (non-hydrogen) atoms. The van der Waals surface area contributed by atoms with Gasteiger partial charge in [-0.3, -0.25) is 4.90 Å². The Hall–Kier alpha value is -3.04. The van der Waals surface area contributed by atoms with Gasteiger partial charge in [0.2, 0.25) is 0 Å². The average Bonchev–Trinajstić information content (AvgIpc) is 3.30. The quantitative estimate of drug-likeness (QED) is 0.784. The molecule has 2 aliphatic rings. The molecule has 0 spiro atoms. The van der Waals surface area contributed by atoms with Crippen LogP contribution in [0.5, 0.6) is 5.75 Å². The zero-order valence-corrected chi connectivity index (χ0v) is 17.8. The van der Waals surface area contributed by atoms with E-state index in [4.69, 9.17) is 10.00 Å². The molecule has 6 nitrogen and oxygen atoms in total. The zero-order chi connectivity index (χ0) is 21.3. The first-order chi connectivity index (χ1) is 14.5. The van der Waals surface area contributed by atoms with E-state index in [0.29, 0.717) is 17.4 Å². The molecule has 0 saturated carbocycles. The molecule has 2 heterocycles. The van der Waals surface area contributed by atoms with Crippen LogP contribution in [0.2, 0.25) is 0 Å². The van der Waals surface area contributed by atoms with Crippen molar-refractivity contribution in [1.29, 1.82) is 5.26 Å². The highest BCUT2D eigenvalue weighted by molar-refractivity contribution is 5.75. The maximum absolute atomic E-state index is 12.9. The number of ether oxygens (including phenoxy) is 1. The van der Waals surface area contributed by atoms with Crippen LogP contribution in [-0.2, 0) is 6.54 Å². The third kappa shape index (κ3) is 3.86. The number of methoxy groups -OCH3 is 1. The molecule has 0 aliphatic carbocycles. The van der Waals surface area contributed by atoms with E-state index >= 15 is 0 Å². The number of amides is 2. The molecule has 2 saturated heterocycles. The summed E-state index contributed by atoms with van der Waals surface area (Å²) in [6.45, 7) is 3.51. The van der Waals surface area contributed by atoms with Crippen molar-refractivity contribution < 1.29 is 9.53 Å². The number of fused-ring (bicyclic) bond motifs is 1. The van der Waals surface area contributed by atoms with Crippen LogP contribution in [0.15, 0.2) is 48.5 Å². The van der Waals surface area contributed by atoms with Gasteiger partial charge >= 0.3 is 6.03 Å². The molecule has 2 fully saturated rings. The highest BCUT2D eigenvalue weighted by atomic mass is 16.5. The lowest BCUT2D eigenvalue weighted by Gasteiger charge is -2.32. The van der Waals surface area contributed by atoms with E-state index in [1.807, 2.05) is 49.3 Å². The average molecular weight is 405 g/mol. The first-order valence-corrected chi connectivity index (χ1v) is 10.3. The summed E-state index contributed by atoms with van der Waals surface area (Å²) in [6.07, 6.45) is 0. The minimum Gasteiger partial charge on any atom is -0.497 e. The Bertz CT molecular complexity index is 950. The molecule has 0 unspecified atom stereocenters. The maximum Gasteiger partial charge on any atom is 0.320 e. The fourth-order valence-electron chi connectivity index (χ4n) is 4.95. The van der Waals surface area contributed by atoms with Crippen LogP contribution in [0.4, 0.5) is 4.79 Å². The highest BCUT2D eigenvalue weighted by Crippen LogP contribution is 2.45. The summed E-state index contributed by atoms with van der Waals surface area (Å²) in [5.74, 6) is 1.66. The minimum absolute atomic E-state index is 0.0613. The topological polar surface area (TPSA) is 59.8 Å². The molecule has 0 aromatic heterocycles. The Morgan fingerprint density at radius 2 is 1.93 bits per heavy atom. The molecular formula is C24H28N4O2. The van der Waals surface area contributed by atoms with Gasteiger partial charge in [-0.15, -0.1) is 0 Å². The molecule has 2 amide bonds. The van der Waals surface area contributed by atoms with E-state index < -0.39 is 0 Å². The predicted octanol–water partition coefficient (Wildman–Crippen LogP) is 3.35. The summed E-state index contributed by atoms with van der Waals surface area (Å²) in [5.41, 5.74) is 3.02. The first-order valence-electron chi connectivity index (χ1n) is 10.3. The number of benzene rings is 2. The summed E-state index contributed by atoms with van der Waals surface area (Å²) in [6, 6.07) is 18.3. The number of likely N-dealkylation sites (tertiary alicyclic amines) is 2. The van der Waals surface area contributed by atoms with E-state index in [2.05, 4.69) is 29.2 Å². The van der Waals surface area contributed by atoms with Crippen molar-refractivity contribution >= 4 is 6.03 Å². The lowest BCUT2D eigenvalue weighted by molar-refractivity contribution is 0.151. The van der Waals surface area contributed by atoms with Gasteiger partial charge < -0.3 is 14.5 Å². The molecular weight excluding hydrogens is 376 g/mol. The smallest absolute Gasteiger partial charge is 0.320 e. The molecule has 0 radical (unpaired) electrons. The highest BCUT2D eigenvalue weighted by Gasteiger charge is 2.49. The Kier molecular flexibility index (Phi) is 5.65. The van der Waals surface area contributed by atoms with Gasteiger partial charge in [-0.2, -0.15) is 5.26 Å². The first kappa shape index (κ1) is 20.2. The van der Waals surface area contributed by atoms with Gasteiger partial charge in [-0.05, 0) is 41.3 Å². The summed E-state index contributed by atoms with van der Waals surface area (Å²) in [4.78, 5) is 19.1. The Morgan fingerprint density at radius 1 is 1.17 bits per heavy atom. The number of nitrogens with zero attached hydrogens (tertiary/aromatic N) is 4. The van der Waals surface area contributed by atoms with Crippen molar-refractivity contribution in [2.24, 2.45) is 11.8 Å². The number of hydrogen-bond acceptors (Lipinski definition) is 4. The molecule has 0 bridgehead atoms. The Balaban J connectivity index is 1.56. The van der Waals surface area contributed by atoms with Gasteiger partial charge in [-0.25, -0.2) is 4.79 Å². The maximum atomic E-state index is 12.9. The lowest BCUT2D eigenvalue weighted by Crippen LogP contribution is -2.41. The zero-order valence-electron chi connectivity index (χ0n) is 17.8. The van der Waals surface area contributed by atoms with Gasteiger partial charge in [0.1, 0.15) is 5.75 Å². The van der Waals surface area contributed by atoms with Crippen LogP contribution in [0.3, 0.4) is 0 Å². The molecule has 2 aliphatic heterocycles. The minimum atomic E-state index is 0.0613. The molecule has 6 heteroatoms. The molecule has 3 atom stereocenters. The van der Waals surface area contributed by atoms with E-state index in [0.717, 1.165) is 43.1 Å². The SMILES string of the molecule is COc1ccc([C@H]2[C@@H]3CN(Cc4cccc(C#N)c4)C[C@@H]3CN2C(=O)N(C)C)cc1. The van der Waals surface area contributed by atoms with E-state index in [1.165, 1.54) is 0 Å². The fourth-order valence-corrected chi connectivity index (χ4v) is 4.95. The number of carbonyl (C=O) groups excluding carboxylic acids is 1. The van der Waals surface area contributed by atoms with Crippen LogP contribution in [0.25, 0.3) is 0 Å². The van der Waals surface area contributed by atoms with Crippen molar-refractivity contribution in [1.82, 2.24) is 14.7 Å². The number of nitriles is 1. The van der Waals surface area contributed by atoms with Gasteiger partial charge in [-0.1, -0.05) is 24.3 Å². The Morgan fingerprint density at radius 3 is 2.60 bits per heavy atom. The third-order valence-corrected chi connectivity index (χ3v) is 6.29. The van der Waals surface area contributed by atoms with E-state index in [9.17, 15) is 4.79 Å². The summed E-state index contributed by atoms with van der Waals surface area (Å²) >= 11 is 0. The molecule has 0 N–H and O–H groups in total. The fraction of sp³-hybridized carbons (Fsp3) is 0.417. The second-order valence-electron chi connectivity index (χ2n) is 8.48. The lowest BCUT2D eigenvalue weighted by atomic mass is 9.89. The third-order valence-electron chi connectivity index (χ3n) is 6.29. The number of carbonyl (C=O) groups is 1. The van der Waals surface area contributed by atoms with Crippen molar-refractivity contribution in [3.05, 3.63) is 65.2 Å². The van der Waals surface area contributed by atoms with Crippen LogP contribution in [0, 0.1) is 23.2 Å². The van der Waals surface area contributed by atoms with Crippen LogP contribution in [0.1, 0.15) is 22.7 Å². The van der Waals surface area contributed by atoms with Crippen LogP contribution >= 0.6 is 0 Å². The second kappa shape index (κ2) is 8.37. The molecule has 156 valence electrons. The normalized spacial score (nSPS) is 23.1. The summed E-state index contributed by atoms with van der Waals surface area (Å²) < 4.78 is 5.31. The monoisotopic (exact) mass is 404 g/mol. The van der Waals surface area contributed by atoms with E-state index in [1.54, 1.807) is 12.0 Å². The number of hydrogen-bond donors (Lipinski definition) is 0. The molecule has 2 aromatic rings. The van der Waals surface area contributed by atoms with Gasteiger partial charge in [0.15, 0.2) is 0 Å². The summed E-state index contributed by atoms with van der Waals surface area (Å²) in [7, 11) is 5.30. The predicted molar refractivity (Wildman–Crippen MR) is 115 cm³/mol. The second-order valence-corrected chi connectivity index (χ2v) is 8.48. The van der Waals surface area contributed by atoms with Crippen molar-refractivity contribution in [3.8, 4) is 11.8 Å². The van der Waals surface area contributed by atoms with Gasteiger partial charge in [0.25, 0.3) is 0 Å². The van der Waals surface area contributed by atoms with Crippen molar-refractivity contribution in [3.63, 3.8) is 0 Å². The molecule has 2 aromatic carbocycles. The number of rotatable bonds is 4. The summed E-state index contributed by atoms with van der Waals surface area (Å²) in [5, 5.41) is 9.16. The van der Waals surface area contributed by atoms with Crippen LogP contribution < -0.4 is 4.74 Å². The van der Waals surface area contributed by atoms with Crippen molar-refractivity contribution in [2.75, 3.05) is 40.8 Å². The van der Waals surface area contributed by atoms with Crippen LogP contribution in [-0.4, -0.2) is 61.6 Å². The Labute approximate surface area is 178 Å². The van der Waals surface area contributed by atoms with Gasteiger partial charge in [0.05, 0.1) is 24.8 Å². The number of urea groups is 1. The van der Waals surface area contributed by atoms with E-state index in [-0.39, 0.29) is 12.1 Å².